The maximum absolute atomic E-state index is 6.18. The Bertz CT molecular complexity index is 587. The van der Waals surface area contributed by atoms with Gasteiger partial charge in [0.2, 0.25) is 0 Å². The molecule has 0 atom stereocenters. The van der Waals surface area contributed by atoms with Crippen molar-refractivity contribution in [2.45, 2.75) is 45.1 Å². The van der Waals surface area contributed by atoms with E-state index in [0.29, 0.717) is 5.96 Å². The highest BCUT2D eigenvalue weighted by Gasteiger charge is 2.39. The van der Waals surface area contributed by atoms with E-state index in [1.165, 1.54) is 61.4 Å². The molecule has 0 radical (unpaired) electrons. The van der Waals surface area contributed by atoms with Gasteiger partial charge in [-0.3, -0.25) is 9.89 Å². The molecule has 1 aromatic carbocycles. The number of thioether (sulfide) groups is 1. The third-order valence-electron chi connectivity index (χ3n) is 5.54. The molecule has 1 aliphatic heterocycles. The summed E-state index contributed by atoms with van der Waals surface area (Å²) in [6, 6.07) is 6.32. The minimum absolute atomic E-state index is 0.247. The van der Waals surface area contributed by atoms with Crippen LogP contribution in [-0.4, -0.2) is 47.5 Å². The van der Waals surface area contributed by atoms with E-state index in [-0.39, 0.29) is 5.54 Å². The number of nitrogens with zero attached hydrogens (tertiary/aromatic N) is 2. The van der Waals surface area contributed by atoms with Gasteiger partial charge in [0.05, 0.1) is 6.54 Å². The molecular weight excluding hydrogens is 316 g/mol. The predicted octanol–water partition coefficient (Wildman–Crippen LogP) is 3.39. The van der Waals surface area contributed by atoms with E-state index in [1.54, 1.807) is 0 Å². The highest BCUT2D eigenvalue weighted by molar-refractivity contribution is 7.99. The summed E-state index contributed by atoms with van der Waals surface area (Å²) in [5, 5.41) is 3.26. The Morgan fingerprint density at radius 1 is 1.21 bits per heavy atom. The van der Waals surface area contributed by atoms with Crippen LogP contribution in [-0.2, 0) is 0 Å². The second-order valence-electron chi connectivity index (χ2n) is 7.16. The van der Waals surface area contributed by atoms with Gasteiger partial charge in [0.1, 0.15) is 0 Å². The molecule has 3 rings (SSSR count). The molecule has 0 aromatic heterocycles. The summed E-state index contributed by atoms with van der Waals surface area (Å²) in [7, 11) is 0. The van der Waals surface area contributed by atoms with Crippen molar-refractivity contribution in [1.82, 2.24) is 4.90 Å². The first-order valence-corrected chi connectivity index (χ1v) is 10.2. The number of guanidine groups is 1. The van der Waals surface area contributed by atoms with Gasteiger partial charge in [-0.1, -0.05) is 18.9 Å². The summed E-state index contributed by atoms with van der Waals surface area (Å²) in [5.74, 6) is 3.04. The average Bonchev–Trinajstić information content (AvgIpc) is 3.07. The summed E-state index contributed by atoms with van der Waals surface area (Å²) in [6.07, 6.45) is 5.17. The third-order valence-corrected chi connectivity index (χ3v) is 6.48. The smallest absolute Gasteiger partial charge is 0.193 e. The highest BCUT2D eigenvalue weighted by atomic mass is 32.2. The van der Waals surface area contributed by atoms with E-state index in [2.05, 4.69) is 54.0 Å². The minimum atomic E-state index is 0.247. The van der Waals surface area contributed by atoms with Crippen molar-refractivity contribution in [3.05, 3.63) is 29.3 Å². The standard InChI is InChI=1S/C19H30N4S/c1-15-5-6-17(13-16(15)2)22-18(20)21-14-19(7-3-4-8-19)23-9-11-24-12-10-23/h5-6,13H,3-4,7-12,14H2,1-2H3,(H3,20,21,22). The fourth-order valence-electron chi connectivity index (χ4n) is 3.88. The molecule has 1 saturated carbocycles. The first-order chi connectivity index (χ1) is 11.6. The van der Waals surface area contributed by atoms with Crippen molar-refractivity contribution >= 4 is 23.4 Å². The van der Waals surface area contributed by atoms with Crippen LogP contribution in [0.2, 0.25) is 0 Å². The summed E-state index contributed by atoms with van der Waals surface area (Å²) in [5.41, 5.74) is 10.0. The van der Waals surface area contributed by atoms with Crippen LogP contribution in [0.1, 0.15) is 36.8 Å². The first kappa shape index (κ1) is 17.6. The van der Waals surface area contributed by atoms with Crippen LogP contribution < -0.4 is 11.1 Å². The topological polar surface area (TPSA) is 53.6 Å². The summed E-state index contributed by atoms with van der Waals surface area (Å²) in [6.45, 7) is 7.46. The predicted molar refractivity (Wildman–Crippen MR) is 106 cm³/mol. The molecule has 2 fully saturated rings. The number of hydrogen-bond donors (Lipinski definition) is 2. The fourth-order valence-corrected chi connectivity index (χ4v) is 4.79. The monoisotopic (exact) mass is 346 g/mol. The SMILES string of the molecule is Cc1ccc(NC(N)=NCC2(N3CCSCC3)CCCC2)cc1C. The van der Waals surface area contributed by atoms with Crippen molar-refractivity contribution in [2.24, 2.45) is 10.7 Å². The van der Waals surface area contributed by atoms with E-state index < -0.39 is 0 Å². The molecule has 0 amide bonds. The van der Waals surface area contributed by atoms with Crippen LogP contribution in [0.25, 0.3) is 0 Å². The van der Waals surface area contributed by atoms with E-state index in [1.807, 2.05) is 0 Å². The zero-order chi connectivity index (χ0) is 17.0. The number of rotatable bonds is 4. The highest BCUT2D eigenvalue weighted by Crippen LogP contribution is 2.37. The zero-order valence-electron chi connectivity index (χ0n) is 15.0. The third kappa shape index (κ3) is 4.06. The van der Waals surface area contributed by atoms with Crippen molar-refractivity contribution in [2.75, 3.05) is 36.5 Å². The van der Waals surface area contributed by atoms with Gasteiger partial charge in [-0.25, -0.2) is 0 Å². The van der Waals surface area contributed by atoms with Crippen molar-refractivity contribution < 1.29 is 0 Å². The van der Waals surface area contributed by atoms with Crippen LogP contribution >= 0.6 is 11.8 Å². The van der Waals surface area contributed by atoms with Crippen molar-refractivity contribution in [3.63, 3.8) is 0 Å². The van der Waals surface area contributed by atoms with Gasteiger partial charge >= 0.3 is 0 Å². The van der Waals surface area contributed by atoms with E-state index >= 15 is 0 Å². The average molecular weight is 347 g/mol. The van der Waals surface area contributed by atoms with Crippen molar-refractivity contribution in [3.8, 4) is 0 Å². The molecule has 0 spiro atoms. The molecular formula is C19H30N4S. The summed E-state index contributed by atoms with van der Waals surface area (Å²) < 4.78 is 0. The molecule has 5 heteroatoms. The Kier molecular flexibility index (Phi) is 5.72. The van der Waals surface area contributed by atoms with Gasteiger partial charge in [0.25, 0.3) is 0 Å². The van der Waals surface area contributed by atoms with Crippen molar-refractivity contribution in [1.29, 1.82) is 0 Å². The second-order valence-corrected chi connectivity index (χ2v) is 8.38. The molecule has 1 aromatic rings. The summed E-state index contributed by atoms with van der Waals surface area (Å²) >= 11 is 2.07. The van der Waals surface area contributed by atoms with E-state index in [9.17, 15) is 0 Å². The molecule has 0 unspecified atom stereocenters. The minimum Gasteiger partial charge on any atom is -0.370 e. The van der Waals surface area contributed by atoms with Gasteiger partial charge in [0, 0.05) is 35.8 Å². The number of benzene rings is 1. The van der Waals surface area contributed by atoms with Crippen LogP contribution in [0, 0.1) is 13.8 Å². The van der Waals surface area contributed by atoms with Gasteiger partial charge in [-0.2, -0.15) is 11.8 Å². The largest absolute Gasteiger partial charge is 0.370 e. The van der Waals surface area contributed by atoms with Crippen LogP contribution in [0.4, 0.5) is 5.69 Å². The number of hydrogen-bond acceptors (Lipinski definition) is 3. The molecule has 2 aliphatic rings. The number of nitrogens with two attached hydrogens (primary N) is 1. The molecule has 24 heavy (non-hydrogen) atoms. The van der Waals surface area contributed by atoms with Gasteiger partial charge < -0.3 is 11.1 Å². The maximum atomic E-state index is 6.18. The van der Waals surface area contributed by atoms with Crippen LogP contribution in [0.3, 0.4) is 0 Å². The van der Waals surface area contributed by atoms with Gasteiger partial charge in [-0.15, -0.1) is 0 Å². The molecule has 4 nitrogen and oxygen atoms in total. The Labute approximate surface area is 150 Å². The van der Waals surface area contributed by atoms with Gasteiger partial charge in [-0.05, 0) is 49.9 Å². The molecule has 1 heterocycles. The molecule has 1 saturated heterocycles. The zero-order valence-corrected chi connectivity index (χ0v) is 15.8. The Morgan fingerprint density at radius 2 is 1.92 bits per heavy atom. The van der Waals surface area contributed by atoms with Gasteiger partial charge in [0.15, 0.2) is 5.96 Å². The maximum Gasteiger partial charge on any atom is 0.193 e. The lowest BCUT2D eigenvalue weighted by Gasteiger charge is -2.42. The lowest BCUT2D eigenvalue weighted by molar-refractivity contribution is 0.112. The normalized spacial score (nSPS) is 21.8. The number of anilines is 1. The lowest BCUT2D eigenvalue weighted by Crippen LogP contribution is -2.52. The van der Waals surface area contributed by atoms with E-state index in [0.717, 1.165) is 12.2 Å². The van der Waals surface area contributed by atoms with Crippen LogP contribution in [0.15, 0.2) is 23.2 Å². The lowest BCUT2D eigenvalue weighted by atomic mass is 9.95. The Balaban J connectivity index is 1.66. The van der Waals surface area contributed by atoms with Crippen LogP contribution in [0.5, 0.6) is 0 Å². The number of aliphatic imine (C=N–C) groups is 1. The second kappa shape index (κ2) is 7.79. The Hall–Kier alpha value is -1.20. The number of nitrogens with one attached hydrogen (secondary N) is 1. The quantitative estimate of drug-likeness (QED) is 0.648. The van der Waals surface area contributed by atoms with E-state index in [4.69, 9.17) is 10.7 Å². The molecule has 3 N–H and O–H groups in total. The Morgan fingerprint density at radius 3 is 2.58 bits per heavy atom. The molecule has 1 aliphatic carbocycles. The molecule has 0 bridgehead atoms. The molecule has 132 valence electrons. The number of aryl methyl sites for hydroxylation is 2. The fraction of sp³-hybridized carbons (Fsp3) is 0.632. The summed E-state index contributed by atoms with van der Waals surface area (Å²) in [4.78, 5) is 7.42. The first-order valence-electron chi connectivity index (χ1n) is 9.06.